The van der Waals surface area contributed by atoms with Gasteiger partial charge in [0.25, 0.3) is 0 Å². The molecule has 0 fully saturated rings. The summed E-state index contributed by atoms with van der Waals surface area (Å²) >= 11 is 0. The van der Waals surface area contributed by atoms with Gasteiger partial charge in [-0.15, -0.1) is 0 Å². The first kappa shape index (κ1) is 51.2. The number of rotatable bonds is 0. The largest absolute Gasteiger partial charge is 0.261 e. The van der Waals surface area contributed by atoms with Crippen LogP contribution in [0.4, 0.5) is 0 Å². The molecule has 11 heteroatoms. The number of hydrogen-bond acceptors (Lipinski definition) is 11. The van der Waals surface area contributed by atoms with E-state index >= 15 is 0 Å². The van der Waals surface area contributed by atoms with Crippen LogP contribution >= 0.6 is 0 Å². The van der Waals surface area contributed by atoms with E-state index in [-0.39, 0.29) is 0 Å². The molecule has 49 heavy (non-hydrogen) atoms. The van der Waals surface area contributed by atoms with Gasteiger partial charge in [-0.25, -0.2) is 34.9 Å². The smallest absolute Gasteiger partial charge is 0.129 e. The van der Waals surface area contributed by atoms with Crippen LogP contribution in [0.5, 0.6) is 0 Å². The van der Waals surface area contributed by atoms with Crippen LogP contribution in [0.15, 0.2) is 49.6 Å². The predicted molar refractivity (Wildman–Crippen MR) is 205 cm³/mol. The van der Waals surface area contributed by atoms with Crippen LogP contribution < -0.4 is 0 Å². The highest BCUT2D eigenvalue weighted by Crippen LogP contribution is 1.93. The third-order valence-electron chi connectivity index (χ3n) is 4.61. The molecule has 0 amide bonds. The van der Waals surface area contributed by atoms with Crippen molar-refractivity contribution in [2.45, 2.75) is 132 Å². The van der Waals surface area contributed by atoms with E-state index in [2.05, 4.69) is 54.8 Å². The van der Waals surface area contributed by atoms with Crippen molar-refractivity contribution in [3.05, 3.63) is 113 Å². The molecule has 0 aliphatic carbocycles. The van der Waals surface area contributed by atoms with Crippen molar-refractivity contribution in [2.75, 3.05) is 0 Å². The first-order chi connectivity index (χ1) is 23.3. The highest BCUT2D eigenvalue weighted by molar-refractivity contribution is 5.03. The zero-order chi connectivity index (χ0) is 38.8. The minimum absolute atomic E-state index is 0.792. The fourth-order valence-corrected chi connectivity index (χ4v) is 2.87. The topological polar surface area (TPSA) is 142 Å². The van der Waals surface area contributed by atoms with Crippen molar-refractivity contribution >= 4 is 0 Å². The second-order valence-electron chi connectivity index (χ2n) is 9.19. The van der Waals surface area contributed by atoms with Crippen molar-refractivity contribution in [2.24, 2.45) is 0 Å². The Morgan fingerprint density at radius 2 is 0.653 bits per heavy atom. The summed E-state index contributed by atoms with van der Waals surface area (Å²) in [5.41, 5.74) is 7.05. The van der Waals surface area contributed by atoms with Gasteiger partial charge in [-0.1, -0.05) is 55.4 Å². The van der Waals surface area contributed by atoms with Gasteiger partial charge in [0.1, 0.15) is 29.6 Å². The lowest BCUT2D eigenvalue weighted by molar-refractivity contribution is 0.875. The van der Waals surface area contributed by atoms with Crippen molar-refractivity contribution in [3.8, 4) is 0 Å². The molecule has 5 rings (SSSR count). The van der Waals surface area contributed by atoms with E-state index < -0.39 is 0 Å². The summed E-state index contributed by atoms with van der Waals surface area (Å²) in [6.07, 6.45) is 12.2. The van der Waals surface area contributed by atoms with Crippen LogP contribution in [0, 0.1) is 76.2 Å². The molecule has 0 aromatic carbocycles. The minimum Gasteiger partial charge on any atom is -0.261 e. The SMILES string of the molecule is CC.CC.CC.CC.Cc1cc(C)ncn1.Cc1cnc(C)cn1.Cc1cnc(C)nc1.Cc1cncc(C)n1.Cc1nc(C)nc(C)n1. The van der Waals surface area contributed by atoms with Crippen molar-refractivity contribution in [1.29, 1.82) is 0 Å². The van der Waals surface area contributed by atoms with E-state index in [0.717, 1.165) is 63.0 Å². The summed E-state index contributed by atoms with van der Waals surface area (Å²) in [5, 5.41) is 0. The molecule has 5 heterocycles. The summed E-state index contributed by atoms with van der Waals surface area (Å²) in [5.74, 6) is 3.20. The quantitative estimate of drug-likeness (QED) is 0.155. The molecule has 0 unspecified atom stereocenters. The molecule has 0 radical (unpaired) electrons. The van der Waals surface area contributed by atoms with Crippen LogP contribution in [0.1, 0.15) is 118 Å². The molecule has 0 N–H and O–H groups in total. The highest BCUT2D eigenvalue weighted by Gasteiger charge is 1.92. The maximum atomic E-state index is 4.11. The Morgan fingerprint density at radius 1 is 0.306 bits per heavy atom. The van der Waals surface area contributed by atoms with E-state index in [9.17, 15) is 0 Å². The summed E-state index contributed by atoms with van der Waals surface area (Å²) in [4.78, 5) is 43.9. The average Bonchev–Trinajstić information content (AvgIpc) is 3.08. The second-order valence-corrected chi connectivity index (χ2v) is 9.19. The molecular weight excluding hydrogens is 610 g/mol. The van der Waals surface area contributed by atoms with Crippen molar-refractivity contribution in [1.82, 2.24) is 54.8 Å². The first-order valence-corrected chi connectivity index (χ1v) is 17.0. The normalized spacial score (nSPS) is 8.31. The summed E-state index contributed by atoms with van der Waals surface area (Å²) in [6.45, 7) is 37.0. The lowest BCUT2D eigenvalue weighted by atomic mass is 10.4. The Kier molecular flexibility index (Phi) is 36.2. The fraction of sp³-hybridized carbons (Fsp3) is 0.500. The monoisotopic (exact) mass is 676 g/mol. The van der Waals surface area contributed by atoms with Gasteiger partial charge in [-0.2, -0.15) is 0 Å². The molecule has 0 spiro atoms. The Morgan fingerprint density at radius 3 is 0.878 bits per heavy atom. The van der Waals surface area contributed by atoms with Gasteiger partial charge in [-0.05, 0) is 87.8 Å². The van der Waals surface area contributed by atoms with Crippen LogP contribution in [0.25, 0.3) is 0 Å². The van der Waals surface area contributed by atoms with Crippen LogP contribution in [-0.4, -0.2) is 54.8 Å². The fourth-order valence-electron chi connectivity index (χ4n) is 2.87. The number of aromatic nitrogens is 11. The zero-order valence-corrected chi connectivity index (χ0v) is 34.0. The molecule has 0 bridgehead atoms. The van der Waals surface area contributed by atoms with E-state index in [1.807, 2.05) is 150 Å². The van der Waals surface area contributed by atoms with Crippen LogP contribution in [0.2, 0.25) is 0 Å². The van der Waals surface area contributed by atoms with Gasteiger partial charge in [0.15, 0.2) is 0 Å². The average molecular weight is 676 g/mol. The molecule has 5 aromatic rings. The number of aryl methyl sites for hydroxylation is 11. The van der Waals surface area contributed by atoms with Gasteiger partial charge in [0.05, 0.1) is 22.8 Å². The lowest BCUT2D eigenvalue weighted by Gasteiger charge is -1.94. The number of hydrogen-bond donors (Lipinski definition) is 0. The maximum absolute atomic E-state index is 4.11. The van der Waals surface area contributed by atoms with E-state index in [1.165, 1.54) is 0 Å². The Bertz CT molecular complexity index is 1230. The van der Waals surface area contributed by atoms with Crippen LogP contribution in [0.3, 0.4) is 0 Å². The number of nitrogens with zero attached hydrogens (tertiary/aromatic N) is 11. The summed E-state index contributed by atoms with van der Waals surface area (Å²) < 4.78 is 0. The molecule has 0 aliphatic heterocycles. The van der Waals surface area contributed by atoms with Gasteiger partial charge in [0, 0.05) is 48.6 Å². The minimum atomic E-state index is 0.792. The first-order valence-electron chi connectivity index (χ1n) is 17.0. The third kappa shape index (κ3) is 33.0. The standard InChI is InChI=1S/C6H9N3.4C6H8N2.4C2H6/c1-4-7-5(2)9-6(3)8-4;1-5-3-8-6(2)4-7-5;1-5-3-7-4-6(2)8-5;1-5-3-6(2)8-4-7-5;1-5-3-7-6(2)8-4-5;4*1-2/h1-3H3;4*3-4H,1-2H3;4*1-2H3. The van der Waals surface area contributed by atoms with Crippen LogP contribution in [-0.2, 0) is 0 Å². The molecule has 0 aliphatic rings. The summed E-state index contributed by atoms with van der Waals surface area (Å²) in [7, 11) is 0. The predicted octanol–water partition coefficient (Wildman–Crippen LogP) is 9.28. The van der Waals surface area contributed by atoms with E-state index in [0.29, 0.717) is 0 Å². The van der Waals surface area contributed by atoms with E-state index in [1.54, 1.807) is 31.1 Å². The van der Waals surface area contributed by atoms with Crippen molar-refractivity contribution < 1.29 is 0 Å². The van der Waals surface area contributed by atoms with Crippen molar-refractivity contribution in [3.63, 3.8) is 0 Å². The van der Waals surface area contributed by atoms with Gasteiger partial charge in [-0.3, -0.25) is 19.9 Å². The third-order valence-corrected chi connectivity index (χ3v) is 4.61. The second kappa shape index (κ2) is 34.7. The molecule has 0 saturated carbocycles. The van der Waals surface area contributed by atoms with Gasteiger partial charge in [0.2, 0.25) is 0 Å². The van der Waals surface area contributed by atoms with E-state index in [4.69, 9.17) is 0 Å². The molecule has 0 saturated heterocycles. The van der Waals surface area contributed by atoms with Gasteiger partial charge >= 0.3 is 0 Å². The van der Waals surface area contributed by atoms with Gasteiger partial charge < -0.3 is 0 Å². The Hall–Kier alpha value is -4.67. The molecule has 5 aromatic heterocycles. The Labute approximate surface area is 298 Å². The highest BCUT2D eigenvalue weighted by atomic mass is 15.0. The lowest BCUT2D eigenvalue weighted by Crippen LogP contribution is -1.97. The molecule has 11 nitrogen and oxygen atoms in total. The molecule has 272 valence electrons. The maximum Gasteiger partial charge on any atom is 0.129 e. The zero-order valence-electron chi connectivity index (χ0n) is 34.0. The molecule has 0 atom stereocenters. The molecular formula is C38H65N11. The Balaban J connectivity index is -0.000000245. The summed E-state index contributed by atoms with van der Waals surface area (Å²) in [6, 6.07) is 1.94.